The van der Waals surface area contributed by atoms with Gasteiger partial charge in [0, 0.05) is 24.9 Å². The number of methoxy groups -OCH3 is 1. The van der Waals surface area contributed by atoms with Gasteiger partial charge in [0.15, 0.2) is 0 Å². The second-order valence-corrected chi connectivity index (χ2v) is 5.69. The van der Waals surface area contributed by atoms with E-state index < -0.39 is 16.1 Å². The van der Waals surface area contributed by atoms with Gasteiger partial charge in [0.25, 0.3) is 0 Å². The number of hydrogen-bond donors (Lipinski definition) is 3. The van der Waals surface area contributed by atoms with Crippen molar-refractivity contribution in [3.8, 4) is 0 Å². The van der Waals surface area contributed by atoms with Crippen LogP contribution in [0.1, 0.15) is 0 Å². The van der Waals surface area contributed by atoms with Crippen LogP contribution in [-0.4, -0.2) is 49.9 Å². The zero-order valence-electron chi connectivity index (χ0n) is 10.3. The van der Waals surface area contributed by atoms with Crippen molar-refractivity contribution < 1.29 is 18.3 Å². The minimum Gasteiger partial charge on any atom is -0.395 e. The number of ether oxygens (including phenoxy) is 1. The van der Waals surface area contributed by atoms with E-state index in [0.29, 0.717) is 11.0 Å². The van der Waals surface area contributed by atoms with Crippen molar-refractivity contribution in [2.24, 2.45) is 0 Å². The molecule has 2 aromatic rings. The number of sulfonamides is 1. The van der Waals surface area contributed by atoms with Crippen LogP contribution in [0, 0.1) is 0 Å². The molecule has 104 valence electrons. The fourth-order valence-corrected chi connectivity index (χ4v) is 3.14. The predicted octanol–water partition coefficient (Wildman–Crippen LogP) is -0.151. The summed E-state index contributed by atoms with van der Waals surface area (Å²) in [7, 11) is -2.30. The molecule has 2 aromatic heterocycles. The number of H-pyrrole nitrogens is 1. The molecule has 2 rings (SSSR count). The Morgan fingerprint density at radius 1 is 1.58 bits per heavy atom. The lowest BCUT2D eigenvalue weighted by atomic mass is 10.3. The highest BCUT2D eigenvalue weighted by atomic mass is 32.2. The molecule has 0 aliphatic carbocycles. The Hall–Kier alpha value is -1.48. The number of nitrogens with zero attached hydrogens (tertiary/aromatic N) is 1. The first-order valence-electron chi connectivity index (χ1n) is 5.62. The first kappa shape index (κ1) is 13.9. The molecule has 0 aliphatic rings. The SMILES string of the molecule is COCC(CO)NS(=O)(=O)c1c[nH]c2ncccc12. The van der Waals surface area contributed by atoms with E-state index in [9.17, 15) is 8.42 Å². The van der Waals surface area contributed by atoms with E-state index in [4.69, 9.17) is 9.84 Å². The van der Waals surface area contributed by atoms with Crippen LogP contribution in [0.5, 0.6) is 0 Å². The van der Waals surface area contributed by atoms with Gasteiger partial charge < -0.3 is 14.8 Å². The Bertz CT molecular complexity index is 653. The maximum atomic E-state index is 12.2. The lowest BCUT2D eigenvalue weighted by Gasteiger charge is -2.14. The van der Waals surface area contributed by atoms with E-state index in [1.165, 1.54) is 13.3 Å². The van der Waals surface area contributed by atoms with Crippen molar-refractivity contribution in [1.82, 2.24) is 14.7 Å². The summed E-state index contributed by atoms with van der Waals surface area (Å²) in [4.78, 5) is 6.92. The standard InChI is InChI=1S/C11H15N3O4S/c1-18-7-8(6-15)14-19(16,17)10-5-13-11-9(10)3-2-4-12-11/h2-5,8,14-15H,6-7H2,1H3,(H,12,13). The molecule has 8 heteroatoms. The summed E-state index contributed by atoms with van der Waals surface area (Å²) in [6.07, 6.45) is 2.95. The Morgan fingerprint density at radius 2 is 2.37 bits per heavy atom. The van der Waals surface area contributed by atoms with E-state index >= 15 is 0 Å². The molecule has 0 saturated carbocycles. The van der Waals surface area contributed by atoms with Gasteiger partial charge in [-0.1, -0.05) is 0 Å². The number of aromatic nitrogens is 2. The Labute approximate surface area is 110 Å². The maximum absolute atomic E-state index is 12.2. The highest BCUT2D eigenvalue weighted by Crippen LogP contribution is 2.20. The number of aliphatic hydroxyl groups is 1. The van der Waals surface area contributed by atoms with Gasteiger partial charge >= 0.3 is 0 Å². The monoisotopic (exact) mass is 285 g/mol. The first-order valence-corrected chi connectivity index (χ1v) is 7.11. The van der Waals surface area contributed by atoms with Crippen LogP contribution < -0.4 is 4.72 Å². The van der Waals surface area contributed by atoms with Crippen molar-refractivity contribution >= 4 is 21.1 Å². The molecule has 0 amide bonds. The molecule has 0 saturated heterocycles. The molecule has 1 atom stereocenters. The number of fused-ring (bicyclic) bond motifs is 1. The van der Waals surface area contributed by atoms with E-state index in [2.05, 4.69) is 14.7 Å². The second kappa shape index (κ2) is 5.66. The maximum Gasteiger partial charge on any atom is 0.243 e. The molecule has 1 unspecified atom stereocenters. The van der Waals surface area contributed by atoms with Crippen molar-refractivity contribution in [3.05, 3.63) is 24.5 Å². The summed E-state index contributed by atoms with van der Waals surface area (Å²) in [6, 6.07) is 2.64. The number of hydrogen-bond acceptors (Lipinski definition) is 5. The van der Waals surface area contributed by atoms with E-state index in [1.54, 1.807) is 18.3 Å². The summed E-state index contributed by atoms with van der Waals surface area (Å²) in [5.41, 5.74) is 0.496. The molecule has 0 bridgehead atoms. The number of rotatable bonds is 6. The van der Waals surface area contributed by atoms with Gasteiger partial charge in [-0.3, -0.25) is 0 Å². The van der Waals surface area contributed by atoms with Crippen molar-refractivity contribution in [1.29, 1.82) is 0 Å². The fraction of sp³-hybridized carbons (Fsp3) is 0.364. The molecule has 2 heterocycles. The molecule has 3 N–H and O–H groups in total. The number of nitrogens with one attached hydrogen (secondary N) is 2. The normalized spacial score (nSPS) is 13.8. The highest BCUT2D eigenvalue weighted by Gasteiger charge is 2.22. The third-order valence-electron chi connectivity index (χ3n) is 2.61. The van der Waals surface area contributed by atoms with Crippen molar-refractivity contribution in [3.63, 3.8) is 0 Å². The largest absolute Gasteiger partial charge is 0.395 e. The van der Waals surface area contributed by atoms with Gasteiger partial charge in [-0.15, -0.1) is 0 Å². The molecular weight excluding hydrogens is 270 g/mol. The fourth-order valence-electron chi connectivity index (χ4n) is 1.76. The van der Waals surface area contributed by atoms with Crippen LogP contribution >= 0.6 is 0 Å². The summed E-state index contributed by atoms with van der Waals surface area (Å²) in [6.45, 7) is -0.246. The minimum atomic E-state index is -3.74. The van der Waals surface area contributed by atoms with Gasteiger partial charge in [0.2, 0.25) is 10.0 Å². The topological polar surface area (TPSA) is 104 Å². The van der Waals surface area contributed by atoms with Crippen LogP contribution in [0.2, 0.25) is 0 Å². The molecule has 0 aliphatic heterocycles. The third-order valence-corrected chi connectivity index (χ3v) is 4.17. The predicted molar refractivity (Wildman–Crippen MR) is 69.2 cm³/mol. The molecule has 0 radical (unpaired) electrons. The van der Waals surface area contributed by atoms with Gasteiger partial charge in [-0.25, -0.2) is 18.1 Å². The number of pyridine rings is 1. The first-order chi connectivity index (χ1) is 9.08. The minimum absolute atomic E-state index is 0.0936. The molecule has 7 nitrogen and oxygen atoms in total. The van der Waals surface area contributed by atoms with E-state index in [-0.39, 0.29) is 18.1 Å². The van der Waals surface area contributed by atoms with E-state index in [1.807, 2.05) is 0 Å². The summed E-state index contributed by atoms with van der Waals surface area (Å²) >= 11 is 0. The molecule has 0 aromatic carbocycles. The smallest absolute Gasteiger partial charge is 0.243 e. The summed E-state index contributed by atoms with van der Waals surface area (Å²) < 4.78 is 31.7. The van der Waals surface area contributed by atoms with Gasteiger partial charge in [-0.2, -0.15) is 0 Å². The average Bonchev–Trinajstić information content (AvgIpc) is 2.82. The lowest BCUT2D eigenvalue weighted by Crippen LogP contribution is -2.40. The zero-order valence-corrected chi connectivity index (χ0v) is 11.1. The van der Waals surface area contributed by atoms with Crippen LogP contribution in [0.15, 0.2) is 29.4 Å². The number of aromatic amines is 1. The summed E-state index contributed by atoms with van der Waals surface area (Å²) in [5.74, 6) is 0. The van der Waals surface area contributed by atoms with Gasteiger partial charge in [-0.05, 0) is 12.1 Å². The van der Waals surface area contributed by atoms with Crippen molar-refractivity contribution in [2.75, 3.05) is 20.3 Å². The Balaban J connectivity index is 2.34. The molecular formula is C11H15N3O4S. The molecule has 0 fully saturated rings. The van der Waals surface area contributed by atoms with Crippen LogP contribution in [0.4, 0.5) is 0 Å². The van der Waals surface area contributed by atoms with Crippen LogP contribution in [0.3, 0.4) is 0 Å². The van der Waals surface area contributed by atoms with E-state index in [0.717, 1.165) is 0 Å². The van der Waals surface area contributed by atoms with Crippen LogP contribution in [-0.2, 0) is 14.8 Å². The Kier molecular flexibility index (Phi) is 4.15. The average molecular weight is 285 g/mol. The highest BCUT2D eigenvalue weighted by molar-refractivity contribution is 7.89. The number of aliphatic hydroxyl groups excluding tert-OH is 1. The Morgan fingerprint density at radius 3 is 3.05 bits per heavy atom. The van der Waals surface area contributed by atoms with Crippen molar-refractivity contribution in [2.45, 2.75) is 10.9 Å². The third kappa shape index (κ3) is 2.92. The zero-order chi connectivity index (χ0) is 13.9. The van der Waals surface area contributed by atoms with Gasteiger partial charge in [0.05, 0.1) is 19.3 Å². The second-order valence-electron chi connectivity index (χ2n) is 4.01. The summed E-state index contributed by atoms with van der Waals surface area (Å²) in [5, 5.41) is 9.61. The quantitative estimate of drug-likeness (QED) is 0.684. The molecule has 0 spiro atoms. The lowest BCUT2D eigenvalue weighted by molar-refractivity contribution is 0.139. The van der Waals surface area contributed by atoms with Crippen LogP contribution in [0.25, 0.3) is 11.0 Å². The van der Waals surface area contributed by atoms with Gasteiger partial charge in [0.1, 0.15) is 10.5 Å². The molecule has 19 heavy (non-hydrogen) atoms.